The third-order valence-corrected chi connectivity index (χ3v) is 3.85. The summed E-state index contributed by atoms with van der Waals surface area (Å²) in [4.78, 5) is 12.4. The molecule has 0 aliphatic rings. The molecule has 2 rings (SSSR count). The van der Waals surface area contributed by atoms with Crippen molar-refractivity contribution >= 4 is 23.2 Å². The highest BCUT2D eigenvalue weighted by molar-refractivity contribution is 6.31. The van der Waals surface area contributed by atoms with E-state index in [0.717, 1.165) is 12.1 Å². The van der Waals surface area contributed by atoms with Crippen LogP contribution in [0.4, 0.5) is 18.9 Å². The van der Waals surface area contributed by atoms with E-state index in [4.69, 9.17) is 21.1 Å². The Balaban J connectivity index is 2.14. The van der Waals surface area contributed by atoms with Crippen LogP contribution in [0.15, 0.2) is 42.5 Å². The van der Waals surface area contributed by atoms with Gasteiger partial charge in [0.05, 0.1) is 17.7 Å². The zero-order valence-electron chi connectivity index (χ0n) is 14.1. The van der Waals surface area contributed by atoms with E-state index < -0.39 is 28.8 Å². The monoisotopic (exact) mass is 387 g/mol. The van der Waals surface area contributed by atoms with Crippen LogP contribution in [-0.4, -0.2) is 19.1 Å². The van der Waals surface area contributed by atoms with Gasteiger partial charge in [0.25, 0.3) is 5.91 Å². The van der Waals surface area contributed by atoms with Crippen molar-refractivity contribution in [1.82, 2.24) is 0 Å². The lowest BCUT2D eigenvalue weighted by Crippen LogP contribution is -2.32. The lowest BCUT2D eigenvalue weighted by molar-refractivity contribution is -0.137. The SMILES string of the molecule is CC[C@@H](Oc1cccc(OC)c1)C(=O)Nc1ccc(Cl)c(C(F)(F)F)c1. The minimum atomic E-state index is -4.61. The Morgan fingerprint density at radius 2 is 1.88 bits per heavy atom. The number of amides is 1. The highest BCUT2D eigenvalue weighted by Gasteiger charge is 2.33. The van der Waals surface area contributed by atoms with Crippen LogP contribution >= 0.6 is 11.6 Å². The number of methoxy groups -OCH3 is 1. The Kier molecular flexibility index (Phi) is 6.37. The van der Waals surface area contributed by atoms with E-state index in [-0.39, 0.29) is 5.69 Å². The Labute approximate surface area is 153 Å². The molecular formula is C18H17ClF3NO3. The van der Waals surface area contributed by atoms with Crippen molar-refractivity contribution in [3.63, 3.8) is 0 Å². The third kappa shape index (κ3) is 5.05. The number of alkyl halides is 3. The summed E-state index contributed by atoms with van der Waals surface area (Å²) in [5.41, 5.74) is -1.03. The molecule has 1 atom stereocenters. The zero-order chi connectivity index (χ0) is 19.3. The minimum Gasteiger partial charge on any atom is -0.497 e. The van der Waals surface area contributed by atoms with Crippen molar-refractivity contribution in [2.75, 3.05) is 12.4 Å². The molecule has 0 unspecified atom stereocenters. The number of anilines is 1. The van der Waals surface area contributed by atoms with Crippen molar-refractivity contribution in [1.29, 1.82) is 0 Å². The van der Waals surface area contributed by atoms with Crippen LogP contribution in [0.25, 0.3) is 0 Å². The molecule has 0 heterocycles. The summed E-state index contributed by atoms with van der Waals surface area (Å²) in [6.07, 6.45) is -5.17. The van der Waals surface area contributed by atoms with Gasteiger partial charge in [-0.2, -0.15) is 13.2 Å². The van der Waals surface area contributed by atoms with Crippen molar-refractivity contribution in [3.05, 3.63) is 53.1 Å². The lowest BCUT2D eigenvalue weighted by Gasteiger charge is -2.18. The number of nitrogens with one attached hydrogen (secondary N) is 1. The predicted octanol–water partition coefficient (Wildman–Crippen LogP) is 5.16. The van der Waals surface area contributed by atoms with Crippen LogP contribution in [-0.2, 0) is 11.0 Å². The molecule has 0 bridgehead atoms. The lowest BCUT2D eigenvalue weighted by atomic mass is 10.1. The van der Waals surface area contributed by atoms with Gasteiger partial charge in [0.1, 0.15) is 11.5 Å². The average Bonchev–Trinajstić information content (AvgIpc) is 2.60. The molecule has 26 heavy (non-hydrogen) atoms. The van der Waals surface area contributed by atoms with Gasteiger partial charge in [0.15, 0.2) is 6.10 Å². The number of ether oxygens (including phenoxy) is 2. The fraction of sp³-hybridized carbons (Fsp3) is 0.278. The molecule has 0 saturated heterocycles. The summed E-state index contributed by atoms with van der Waals surface area (Å²) in [6, 6.07) is 9.87. The maximum Gasteiger partial charge on any atom is 0.417 e. The minimum absolute atomic E-state index is 0.0144. The van der Waals surface area contributed by atoms with Gasteiger partial charge in [-0.05, 0) is 36.8 Å². The number of carbonyl (C=O) groups is 1. The molecular weight excluding hydrogens is 371 g/mol. The molecule has 2 aromatic rings. The Morgan fingerprint density at radius 3 is 2.50 bits per heavy atom. The molecule has 0 saturated carbocycles. The molecule has 0 spiro atoms. The van der Waals surface area contributed by atoms with E-state index >= 15 is 0 Å². The van der Waals surface area contributed by atoms with Crippen molar-refractivity contribution in [2.24, 2.45) is 0 Å². The smallest absolute Gasteiger partial charge is 0.417 e. The highest BCUT2D eigenvalue weighted by atomic mass is 35.5. The van der Waals surface area contributed by atoms with E-state index in [1.807, 2.05) is 0 Å². The maximum absolute atomic E-state index is 12.9. The van der Waals surface area contributed by atoms with Gasteiger partial charge < -0.3 is 14.8 Å². The summed E-state index contributed by atoms with van der Waals surface area (Å²) in [5, 5.41) is 1.99. The van der Waals surface area contributed by atoms with Gasteiger partial charge in [0.2, 0.25) is 0 Å². The third-order valence-electron chi connectivity index (χ3n) is 3.52. The van der Waals surface area contributed by atoms with Crippen LogP contribution in [0.2, 0.25) is 5.02 Å². The first-order valence-corrected chi connectivity index (χ1v) is 8.10. The van der Waals surface area contributed by atoms with Crippen LogP contribution in [0.5, 0.6) is 11.5 Å². The Bertz CT molecular complexity index is 781. The second kappa shape index (κ2) is 8.31. The van der Waals surface area contributed by atoms with E-state index in [2.05, 4.69) is 5.32 Å². The van der Waals surface area contributed by atoms with Crippen LogP contribution in [0, 0.1) is 0 Å². The summed E-state index contributed by atoms with van der Waals surface area (Å²) >= 11 is 5.57. The Hall–Kier alpha value is -2.41. The number of halogens is 4. The number of carbonyl (C=O) groups excluding carboxylic acids is 1. The van der Waals surface area contributed by atoms with Crippen molar-refractivity contribution < 1.29 is 27.4 Å². The highest BCUT2D eigenvalue weighted by Crippen LogP contribution is 2.36. The van der Waals surface area contributed by atoms with Crippen LogP contribution in [0.3, 0.4) is 0 Å². The van der Waals surface area contributed by atoms with Gasteiger partial charge in [0, 0.05) is 11.8 Å². The maximum atomic E-state index is 12.9. The summed E-state index contributed by atoms with van der Waals surface area (Å²) in [5.74, 6) is 0.412. The molecule has 1 N–H and O–H groups in total. The van der Waals surface area contributed by atoms with E-state index in [1.165, 1.54) is 13.2 Å². The number of hydrogen-bond acceptors (Lipinski definition) is 3. The fourth-order valence-electron chi connectivity index (χ4n) is 2.20. The first-order valence-electron chi connectivity index (χ1n) is 7.73. The topological polar surface area (TPSA) is 47.6 Å². The fourth-order valence-corrected chi connectivity index (χ4v) is 2.43. The molecule has 0 fully saturated rings. The molecule has 4 nitrogen and oxygen atoms in total. The molecule has 0 aliphatic heterocycles. The molecule has 0 aliphatic carbocycles. The Morgan fingerprint density at radius 1 is 1.19 bits per heavy atom. The largest absolute Gasteiger partial charge is 0.497 e. The summed E-state index contributed by atoms with van der Waals surface area (Å²) in [6.45, 7) is 1.73. The van der Waals surface area contributed by atoms with Gasteiger partial charge >= 0.3 is 6.18 Å². The van der Waals surface area contributed by atoms with Gasteiger partial charge in [-0.25, -0.2) is 0 Å². The molecule has 1 amide bonds. The molecule has 8 heteroatoms. The van der Waals surface area contributed by atoms with Crippen molar-refractivity contribution in [2.45, 2.75) is 25.6 Å². The van der Waals surface area contributed by atoms with Crippen LogP contribution < -0.4 is 14.8 Å². The number of benzene rings is 2. The quantitative estimate of drug-likeness (QED) is 0.744. The standard InChI is InChI=1S/C18H17ClF3NO3/c1-3-16(26-13-6-4-5-12(10-13)25-2)17(24)23-11-7-8-15(19)14(9-11)18(20,21)22/h4-10,16H,3H2,1-2H3,(H,23,24)/t16-/m1/s1. The predicted molar refractivity (Wildman–Crippen MR) is 92.8 cm³/mol. The first kappa shape index (κ1) is 19.9. The van der Waals surface area contributed by atoms with E-state index in [9.17, 15) is 18.0 Å². The number of rotatable bonds is 6. The zero-order valence-corrected chi connectivity index (χ0v) is 14.8. The van der Waals surface area contributed by atoms with Gasteiger partial charge in [-0.1, -0.05) is 24.6 Å². The van der Waals surface area contributed by atoms with Crippen LogP contribution in [0.1, 0.15) is 18.9 Å². The molecule has 2 aromatic carbocycles. The second-order valence-electron chi connectivity index (χ2n) is 5.38. The van der Waals surface area contributed by atoms with Gasteiger partial charge in [-0.3, -0.25) is 4.79 Å². The molecule has 0 radical (unpaired) electrons. The van der Waals surface area contributed by atoms with E-state index in [0.29, 0.717) is 17.9 Å². The van der Waals surface area contributed by atoms with Crippen molar-refractivity contribution in [3.8, 4) is 11.5 Å². The number of hydrogen-bond donors (Lipinski definition) is 1. The normalized spacial score (nSPS) is 12.4. The van der Waals surface area contributed by atoms with E-state index in [1.54, 1.807) is 31.2 Å². The molecule has 140 valence electrons. The van der Waals surface area contributed by atoms with Gasteiger partial charge in [-0.15, -0.1) is 0 Å². The molecule has 0 aromatic heterocycles. The second-order valence-corrected chi connectivity index (χ2v) is 5.78. The summed E-state index contributed by atoms with van der Waals surface area (Å²) in [7, 11) is 1.50. The summed E-state index contributed by atoms with van der Waals surface area (Å²) < 4.78 is 49.5. The average molecular weight is 388 g/mol. The first-order chi connectivity index (χ1) is 12.2.